The molecule has 0 atom stereocenters. The summed E-state index contributed by atoms with van der Waals surface area (Å²) in [4.78, 5) is 48.8. The van der Waals surface area contributed by atoms with Gasteiger partial charge >= 0.3 is 0 Å². The number of likely N-dealkylation sites (N-methyl/N-ethyl adjacent to an activating group) is 2. The average Bonchev–Trinajstić information content (AvgIpc) is 3.70. The number of benzene rings is 4. The van der Waals surface area contributed by atoms with Crippen molar-refractivity contribution in [2.45, 2.75) is 68.2 Å². The number of hydrogen-bond acceptors (Lipinski definition) is 14. The number of halogens is 3. The molecule has 78 heavy (non-hydrogen) atoms. The first-order valence-electron chi connectivity index (χ1n) is 27.1. The van der Waals surface area contributed by atoms with E-state index < -0.39 is 17.6 Å². The Morgan fingerprint density at radius 2 is 1.12 bits per heavy atom. The molecule has 0 radical (unpaired) electrons. The zero-order valence-corrected chi connectivity index (χ0v) is 51.1. The van der Waals surface area contributed by atoms with Crippen molar-refractivity contribution in [3.8, 4) is 0 Å². The SMILES string of the molecule is CCCCN1N=C(C)/C(=C2/C(=O)C(c3ccc(N(CCOCCN(CC)c4ccc(/C=N/N(CC)CC)cc4)CCOCCN(CC)c4ccc(/C=N/N(CC)CC)cc4)cc3NC(=O)c3c(Br)cc(Br)cc3Br)=C2O)C1=O. The van der Waals surface area contributed by atoms with Crippen LogP contribution in [0.1, 0.15) is 95.3 Å². The van der Waals surface area contributed by atoms with Crippen LogP contribution < -0.4 is 20.0 Å². The monoisotopic (exact) mass is 1260 g/mol. The number of carbonyl (C=O) groups is 3. The van der Waals surface area contributed by atoms with Gasteiger partial charge in [-0.25, -0.2) is 5.01 Å². The Morgan fingerprint density at radius 3 is 1.56 bits per heavy atom. The van der Waals surface area contributed by atoms with Crippen LogP contribution in [0.5, 0.6) is 0 Å². The lowest BCUT2D eigenvalue weighted by Gasteiger charge is -2.29. The van der Waals surface area contributed by atoms with Gasteiger partial charge < -0.3 is 34.6 Å². The number of allylic oxidation sites excluding steroid dienone is 2. The van der Waals surface area contributed by atoms with Gasteiger partial charge in [0.25, 0.3) is 11.8 Å². The minimum Gasteiger partial charge on any atom is -0.506 e. The van der Waals surface area contributed by atoms with E-state index in [9.17, 15) is 19.5 Å². The summed E-state index contributed by atoms with van der Waals surface area (Å²) < 4.78 is 14.5. The molecule has 6 rings (SSSR count). The Labute approximate surface area is 486 Å². The first kappa shape index (κ1) is 61.4. The second-order valence-corrected chi connectivity index (χ2v) is 21.1. The molecular formula is C59H75Br3N10O6. The Bertz CT molecular complexity index is 2740. The summed E-state index contributed by atoms with van der Waals surface area (Å²) in [5.74, 6) is -1.73. The number of hydrazone groups is 3. The molecular weight excluding hydrogens is 1180 g/mol. The van der Waals surface area contributed by atoms with Gasteiger partial charge in [0.1, 0.15) is 5.76 Å². The number of aliphatic hydroxyl groups excluding tert-OH is 1. The molecule has 1 heterocycles. The lowest BCUT2D eigenvalue weighted by atomic mass is 9.79. The number of nitrogens with zero attached hydrogens (tertiary/aromatic N) is 9. The van der Waals surface area contributed by atoms with E-state index in [2.05, 4.69) is 173 Å². The molecule has 0 saturated heterocycles. The Morgan fingerprint density at radius 1 is 0.641 bits per heavy atom. The number of rotatable bonds is 31. The van der Waals surface area contributed by atoms with Gasteiger partial charge in [-0.2, -0.15) is 15.3 Å². The van der Waals surface area contributed by atoms with Crippen molar-refractivity contribution in [1.29, 1.82) is 0 Å². The molecule has 0 bridgehead atoms. The number of hydrogen-bond donors (Lipinski definition) is 2. The molecule has 0 saturated carbocycles. The van der Waals surface area contributed by atoms with Crippen molar-refractivity contribution < 1.29 is 29.0 Å². The first-order chi connectivity index (χ1) is 37.7. The van der Waals surface area contributed by atoms with Crippen LogP contribution in [0.3, 0.4) is 0 Å². The van der Waals surface area contributed by atoms with E-state index in [4.69, 9.17) is 9.47 Å². The van der Waals surface area contributed by atoms with Crippen molar-refractivity contribution in [3.63, 3.8) is 0 Å². The van der Waals surface area contributed by atoms with Crippen molar-refractivity contribution in [1.82, 2.24) is 15.0 Å². The van der Waals surface area contributed by atoms with Gasteiger partial charge in [-0.1, -0.05) is 53.5 Å². The Kier molecular flexibility index (Phi) is 24.0. The third kappa shape index (κ3) is 15.9. The van der Waals surface area contributed by atoms with E-state index in [0.29, 0.717) is 84.9 Å². The fourth-order valence-corrected chi connectivity index (χ4v) is 11.6. The molecule has 1 aliphatic carbocycles. The van der Waals surface area contributed by atoms with Crippen LogP contribution >= 0.6 is 47.8 Å². The molecule has 4 aromatic carbocycles. The summed E-state index contributed by atoms with van der Waals surface area (Å²) >= 11 is 10.6. The summed E-state index contributed by atoms with van der Waals surface area (Å²) in [7, 11) is 0. The highest BCUT2D eigenvalue weighted by Gasteiger charge is 2.43. The Balaban J connectivity index is 1.24. The highest BCUT2D eigenvalue weighted by molar-refractivity contribution is 9.11. The predicted octanol–water partition coefficient (Wildman–Crippen LogP) is 11.6. The fourth-order valence-electron chi connectivity index (χ4n) is 9.01. The van der Waals surface area contributed by atoms with Gasteiger partial charge in [0.05, 0.1) is 72.5 Å². The van der Waals surface area contributed by atoms with E-state index in [-0.39, 0.29) is 28.2 Å². The highest BCUT2D eigenvalue weighted by atomic mass is 79.9. The van der Waals surface area contributed by atoms with E-state index in [1.54, 1.807) is 31.2 Å². The lowest BCUT2D eigenvalue weighted by Crippen LogP contribution is -2.33. The van der Waals surface area contributed by atoms with Gasteiger partial charge in [-0.05, 0) is 152 Å². The van der Waals surface area contributed by atoms with Crippen molar-refractivity contribution in [3.05, 3.63) is 131 Å². The molecule has 0 unspecified atom stereocenters. The molecule has 0 aromatic heterocycles. The van der Waals surface area contributed by atoms with Crippen molar-refractivity contribution >= 4 is 112 Å². The summed E-state index contributed by atoms with van der Waals surface area (Å²) in [5.41, 5.74) is 6.24. The van der Waals surface area contributed by atoms with Crippen LogP contribution in [-0.4, -0.2) is 154 Å². The van der Waals surface area contributed by atoms with Crippen molar-refractivity contribution in [2.24, 2.45) is 15.3 Å². The van der Waals surface area contributed by atoms with Gasteiger partial charge in [0.15, 0.2) is 0 Å². The fraction of sp³-hybridized carbons (Fsp3) is 0.424. The lowest BCUT2D eigenvalue weighted by molar-refractivity contribution is -0.126. The van der Waals surface area contributed by atoms with Crippen LogP contribution in [0.4, 0.5) is 22.7 Å². The minimum atomic E-state index is -0.516. The largest absolute Gasteiger partial charge is 0.506 e. The molecule has 0 fully saturated rings. The number of carbonyl (C=O) groups excluding carboxylic acids is 3. The van der Waals surface area contributed by atoms with Gasteiger partial charge in [-0.15, -0.1) is 0 Å². The second kappa shape index (κ2) is 30.5. The zero-order chi connectivity index (χ0) is 56.3. The van der Waals surface area contributed by atoms with E-state index >= 15 is 0 Å². The van der Waals surface area contributed by atoms with Gasteiger partial charge in [0, 0.05) is 108 Å². The number of anilines is 4. The molecule has 16 nitrogen and oxygen atoms in total. The topological polar surface area (TPSA) is 158 Å². The minimum absolute atomic E-state index is 0.00938. The maximum atomic E-state index is 14.3. The van der Waals surface area contributed by atoms with Gasteiger partial charge in [0.2, 0.25) is 5.78 Å². The quantitative estimate of drug-likeness (QED) is 0.0214. The molecule has 2 N–H and O–H groups in total. The number of aliphatic hydroxyl groups is 1. The maximum Gasteiger partial charge on any atom is 0.276 e. The first-order valence-corrected chi connectivity index (χ1v) is 29.5. The summed E-state index contributed by atoms with van der Waals surface area (Å²) in [6, 6.07) is 25.7. The molecule has 19 heteroatoms. The van der Waals surface area contributed by atoms with Crippen molar-refractivity contribution in [2.75, 3.05) is 118 Å². The molecule has 2 aliphatic rings. The van der Waals surface area contributed by atoms with Crippen LogP contribution in [0.25, 0.3) is 5.57 Å². The van der Waals surface area contributed by atoms with E-state index in [0.717, 1.165) is 84.8 Å². The van der Waals surface area contributed by atoms with Crippen LogP contribution in [0.15, 0.2) is 124 Å². The zero-order valence-electron chi connectivity index (χ0n) is 46.3. The second-order valence-electron chi connectivity index (χ2n) is 18.5. The third-order valence-electron chi connectivity index (χ3n) is 13.6. The average molecular weight is 1260 g/mol. The number of unbranched alkanes of at least 4 members (excludes halogenated alkanes) is 1. The smallest absolute Gasteiger partial charge is 0.276 e. The number of nitrogens with one attached hydrogen (secondary N) is 1. The third-order valence-corrected chi connectivity index (χ3v) is 15.3. The molecule has 418 valence electrons. The number of amides is 2. The van der Waals surface area contributed by atoms with Crippen LogP contribution in [-0.2, 0) is 19.1 Å². The Hall–Kier alpha value is -5.86. The molecule has 1 aliphatic heterocycles. The standard InChI is InChI=1S/C59H75Br3N10O6/c1-9-16-27-72-59(76)52(41(8)66-72)55-56(73)53(57(55)74)48-26-25-47(38-51(48)65-58(75)54-49(61)36-44(60)37-50(54)62)69(30-34-77-32-28-67(10-2)45-21-17-42(18-22-45)39-63-70(12-4)13-5)31-35-78-33-29-68(11-3)46-23-19-43(20-24-46)40-64-71(14-6)15-7/h17-26,36-40,73H,9-16,27-35H2,1-8H3,(H,65,75)/b55-52-,63-39+,64-40+. The molecule has 4 aromatic rings. The summed E-state index contributed by atoms with van der Waals surface area (Å²) in [6.45, 7) is 25.7. The van der Waals surface area contributed by atoms with Crippen LogP contribution in [0, 0.1) is 0 Å². The van der Waals surface area contributed by atoms with Gasteiger partial charge in [-0.3, -0.25) is 24.4 Å². The highest BCUT2D eigenvalue weighted by Crippen LogP contribution is 2.43. The molecule has 2 amide bonds. The maximum absolute atomic E-state index is 14.3. The normalized spacial score (nSPS) is 14.4. The van der Waals surface area contributed by atoms with E-state index in [1.807, 2.05) is 35.4 Å². The van der Waals surface area contributed by atoms with Crippen LogP contribution in [0.2, 0.25) is 0 Å². The predicted molar refractivity (Wildman–Crippen MR) is 329 cm³/mol. The number of Topliss-reactive ketones (excluding diaryl/α,β-unsaturated/α-hetero) is 1. The van der Waals surface area contributed by atoms with E-state index in [1.165, 1.54) is 5.01 Å². The summed E-state index contributed by atoms with van der Waals surface area (Å²) in [5, 5.41) is 33.7. The summed E-state index contributed by atoms with van der Waals surface area (Å²) in [6.07, 6.45) is 5.38. The number of ether oxygens (including phenoxy) is 2. The molecule has 0 spiro atoms. The number of ketones is 1.